The van der Waals surface area contributed by atoms with Crippen LogP contribution in [0.25, 0.3) is 0 Å². The number of rotatable bonds is 5. The topological polar surface area (TPSA) is 95.5 Å². The quantitative estimate of drug-likeness (QED) is 0.353. The van der Waals surface area contributed by atoms with Gasteiger partial charge in [-0.3, -0.25) is 14.9 Å². The molecule has 6 nitrogen and oxygen atoms in total. The molecule has 0 saturated heterocycles. The molecular weight excluding hydrogens is 244 g/mol. The highest BCUT2D eigenvalue weighted by Crippen LogP contribution is 2.12. The fourth-order valence-electron chi connectivity index (χ4n) is 1.05. The molecule has 7 heteroatoms. The number of nitrogens with zero attached hydrogens (tertiary/aromatic N) is 1. The number of hydrogen-bond acceptors (Lipinski definition) is 6. The maximum absolute atomic E-state index is 11.2. The standard InChI is InChI=1S/C10H12N2O4S/c11-9(6-17)10(13)16-5-7-1-3-8(4-2-7)12(14)15/h1-4,9,17H,5-6,11H2. The Balaban J connectivity index is 2.53. The van der Waals surface area contributed by atoms with E-state index >= 15 is 0 Å². The first-order valence-electron chi connectivity index (χ1n) is 4.81. The zero-order valence-electron chi connectivity index (χ0n) is 8.91. The summed E-state index contributed by atoms with van der Waals surface area (Å²) in [6, 6.07) is 5.00. The normalized spacial score (nSPS) is 11.9. The first-order chi connectivity index (χ1) is 8.04. The molecule has 0 aliphatic rings. The molecule has 0 spiro atoms. The molecule has 0 amide bonds. The van der Waals surface area contributed by atoms with Crippen molar-refractivity contribution >= 4 is 24.3 Å². The SMILES string of the molecule is NC(CS)C(=O)OCc1ccc([N+](=O)[O-])cc1. The van der Waals surface area contributed by atoms with Crippen LogP contribution in [-0.4, -0.2) is 22.7 Å². The zero-order chi connectivity index (χ0) is 12.8. The molecule has 1 unspecified atom stereocenters. The molecule has 0 radical (unpaired) electrons. The Morgan fingerprint density at radius 3 is 2.53 bits per heavy atom. The van der Waals surface area contributed by atoms with Crippen molar-refractivity contribution in [3.63, 3.8) is 0 Å². The number of ether oxygens (including phenoxy) is 1. The summed E-state index contributed by atoms with van der Waals surface area (Å²) >= 11 is 3.87. The third kappa shape index (κ3) is 4.04. The fraction of sp³-hybridized carbons (Fsp3) is 0.300. The lowest BCUT2D eigenvalue weighted by Gasteiger charge is -2.08. The highest BCUT2D eigenvalue weighted by molar-refractivity contribution is 7.80. The van der Waals surface area contributed by atoms with E-state index in [0.29, 0.717) is 5.56 Å². The van der Waals surface area contributed by atoms with E-state index in [1.807, 2.05) is 0 Å². The van der Waals surface area contributed by atoms with Crippen LogP contribution in [0.15, 0.2) is 24.3 Å². The second kappa shape index (κ2) is 6.21. The highest BCUT2D eigenvalue weighted by Gasteiger charge is 2.13. The summed E-state index contributed by atoms with van der Waals surface area (Å²) in [5.74, 6) is -0.336. The molecule has 1 rings (SSSR count). The lowest BCUT2D eigenvalue weighted by atomic mass is 10.2. The summed E-state index contributed by atoms with van der Waals surface area (Å²) in [4.78, 5) is 21.1. The van der Waals surface area contributed by atoms with Crippen molar-refractivity contribution in [2.45, 2.75) is 12.6 Å². The van der Waals surface area contributed by atoms with Crippen LogP contribution >= 0.6 is 12.6 Å². The minimum absolute atomic E-state index is 0.00728. The van der Waals surface area contributed by atoms with Gasteiger partial charge in [-0.25, -0.2) is 0 Å². The van der Waals surface area contributed by atoms with E-state index in [9.17, 15) is 14.9 Å². The van der Waals surface area contributed by atoms with Crippen LogP contribution in [-0.2, 0) is 16.1 Å². The lowest BCUT2D eigenvalue weighted by Crippen LogP contribution is -2.33. The number of carbonyl (C=O) groups is 1. The van der Waals surface area contributed by atoms with Crippen LogP contribution in [0.3, 0.4) is 0 Å². The molecule has 0 heterocycles. The third-order valence-corrected chi connectivity index (χ3v) is 2.42. The average molecular weight is 256 g/mol. The fourth-order valence-corrected chi connectivity index (χ4v) is 1.20. The first kappa shape index (κ1) is 13.5. The van der Waals surface area contributed by atoms with Gasteiger partial charge in [0.05, 0.1) is 4.92 Å². The predicted molar refractivity (Wildman–Crippen MR) is 64.7 cm³/mol. The zero-order valence-corrected chi connectivity index (χ0v) is 9.80. The Labute approximate surface area is 103 Å². The monoisotopic (exact) mass is 256 g/mol. The van der Waals surface area contributed by atoms with E-state index in [1.54, 1.807) is 0 Å². The summed E-state index contributed by atoms with van der Waals surface area (Å²) in [6.45, 7) is 0.0400. The molecule has 1 aromatic rings. The molecular formula is C10H12N2O4S. The number of nitro benzene ring substituents is 1. The first-order valence-corrected chi connectivity index (χ1v) is 5.44. The van der Waals surface area contributed by atoms with Crippen molar-refractivity contribution in [1.82, 2.24) is 0 Å². The van der Waals surface area contributed by atoms with Gasteiger partial charge in [-0.1, -0.05) is 0 Å². The van der Waals surface area contributed by atoms with Crippen LogP contribution in [0.2, 0.25) is 0 Å². The van der Waals surface area contributed by atoms with Crippen molar-refractivity contribution in [2.24, 2.45) is 5.73 Å². The van der Waals surface area contributed by atoms with E-state index in [-0.39, 0.29) is 18.0 Å². The van der Waals surface area contributed by atoms with Gasteiger partial charge in [0.1, 0.15) is 12.6 Å². The van der Waals surface area contributed by atoms with E-state index in [1.165, 1.54) is 24.3 Å². The largest absolute Gasteiger partial charge is 0.460 e. The van der Waals surface area contributed by atoms with Crippen molar-refractivity contribution < 1.29 is 14.5 Å². The van der Waals surface area contributed by atoms with Crippen molar-refractivity contribution in [1.29, 1.82) is 0 Å². The Morgan fingerprint density at radius 2 is 2.06 bits per heavy atom. The third-order valence-electron chi connectivity index (χ3n) is 2.03. The van der Waals surface area contributed by atoms with Gasteiger partial charge in [0, 0.05) is 17.9 Å². The predicted octanol–water partition coefficient (Wildman–Crippen LogP) is 0.895. The molecule has 1 atom stereocenters. The van der Waals surface area contributed by atoms with Crippen LogP contribution < -0.4 is 5.73 Å². The number of carbonyl (C=O) groups excluding carboxylic acids is 1. The highest BCUT2D eigenvalue weighted by atomic mass is 32.1. The number of esters is 1. The number of hydrogen-bond donors (Lipinski definition) is 2. The summed E-state index contributed by atoms with van der Waals surface area (Å²) in [6.07, 6.45) is 0. The van der Waals surface area contributed by atoms with E-state index in [0.717, 1.165) is 0 Å². The number of benzene rings is 1. The van der Waals surface area contributed by atoms with E-state index < -0.39 is 16.9 Å². The number of nitrogens with two attached hydrogens (primary N) is 1. The van der Waals surface area contributed by atoms with Gasteiger partial charge in [0.15, 0.2) is 0 Å². The van der Waals surface area contributed by atoms with E-state index in [2.05, 4.69) is 12.6 Å². The smallest absolute Gasteiger partial charge is 0.324 e. The second-order valence-corrected chi connectivity index (χ2v) is 3.69. The number of nitro groups is 1. The van der Waals surface area contributed by atoms with E-state index in [4.69, 9.17) is 10.5 Å². The van der Waals surface area contributed by atoms with Gasteiger partial charge >= 0.3 is 5.97 Å². The van der Waals surface area contributed by atoms with Crippen LogP contribution in [0, 0.1) is 10.1 Å². The number of non-ortho nitro benzene ring substituents is 1. The molecule has 0 aliphatic carbocycles. The molecule has 92 valence electrons. The Hall–Kier alpha value is -1.60. The van der Waals surface area contributed by atoms with Crippen LogP contribution in [0.1, 0.15) is 5.56 Å². The molecule has 0 aromatic heterocycles. The van der Waals surface area contributed by atoms with Gasteiger partial charge in [-0.05, 0) is 17.7 Å². The van der Waals surface area contributed by atoms with Crippen LogP contribution in [0.4, 0.5) is 5.69 Å². The summed E-state index contributed by atoms with van der Waals surface area (Å²) in [5.41, 5.74) is 6.06. The molecule has 0 aliphatic heterocycles. The van der Waals surface area contributed by atoms with Crippen LogP contribution in [0.5, 0.6) is 0 Å². The summed E-state index contributed by atoms with van der Waals surface area (Å²) < 4.78 is 4.90. The molecule has 0 bridgehead atoms. The van der Waals surface area contributed by atoms with Crippen molar-refractivity contribution in [3.05, 3.63) is 39.9 Å². The molecule has 1 aromatic carbocycles. The Bertz CT molecular complexity index is 407. The van der Waals surface area contributed by atoms with Crippen molar-refractivity contribution in [3.8, 4) is 0 Å². The van der Waals surface area contributed by atoms with Crippen molar-refractivity contribution in [2.75, 3.05) is 5.75 Å². The van der Waals surface area contributed by atoms with Gasteiger partial charge in [0.2, 0.25) is 0 Å². The maximum Gasteiger partial charge on any atom is 0.324 e. The molecule has 0 saturated carbocycles. The van der Waals surface area contributed by atoms with Gasteiger partial charge < -0.3 is 10.5 Å². The van der Waals surface area contributed by atoms with Gasteiger partial charge in [0.25, 0.3) is 5.69 Å². The minimum Gasteiger partial charge on any atom is -0.460 e. The van der Waals surface area contributed by atoms with Gasteiger partial charge in [-0.15, -0.1) is 0 Å². The second-order valence-electron chi connectivity index (χ2n) is 3.32. The summed E-state index contributed by atoms with van der Waals surface area (Å²) in [5, 5.41) is 10.4. The minimum atomic E-state index is -0.753. The van der Waals surface area contributed by atoms with Gasteiger partial charge in [-0.2, -0.15) is 12.6 Å². The molecule has 2 N–H and O–H groups in total. The number of thiol groups is 1. The Kier molecular flexibility index (Phi) is 4.92. The maximum atomic E-state index is 11.2. The molecule has 0 fully saturated rings. The Morgan fingerprint density at radius 1 is 1.47 bits per heavy atom. The molecule has 17 heavy (non-hydrogen) atoms. The summed E-state index contributed by atoms with van der Waals surface area (Å²) in [7, 11) is 0. The lowest BCUT2D eigenvalue weighted by molar-refractivity contribution is -0.384. The average Bonchev–Trinajstić information content (AvgIpc) is 2.35.